The third-order valence-electron chi connectivity index (χ3n) is 6.19. The smallest absolute Gasteiger partial charge is 0.0449 e. The Morgan fingerprint density at radius 1 is 0.455 bits per heavy atom. The summed E-state index contributed by atoms with van der Waals surface area (Å²) in [5, 5.41) is 4.30. The molecule has 0 nitrogen and oxygen atoms in total. The van der Waals surface area contributed by atoms with Crippen molar-refractivity contribution in [1.82, 2.24) is 0 Å². The maximum Gasteiger partial charge on any atom is 0.0449 e. The molecule has 0 saturated carbocycles. The van der Waals surface area contributed by atoms with Crippen LogP contribution in [0.3, 0.4) is 0 Å². The number of thiophene rings is 4. The molecular weight excluding hydrogens is 477 g/mol. The van der Waals surface area contributed by atoms with Crippen molar-refractivity contribution in [3.63, 3.8) is 0 Å². The van der Waals surface area contributed by atoms with Crippen LogP contribution in [0, 0.1) is 0 Å². The van der Waals surface area contributed by atoms with Gasteiger partial charge in [0.05, 0.1) is 0 Å². The molecule has 0 fully saturated rings. The Hall–Kier alpha value is -2.76. The highest BCUT2D eigenvalue weighted by Crippen LogP contribution is 2.44. The highest BCUT2D eigenvalue weighted by Gasteiger charge is 2.20. The zero-order valence-corrected chi connectivity index (χ0v) is 20.8. The van der Waals surface area contributed by atoms with E-state index in [9.17, 15) is 0 Å². The molecule has 0 bridgehead atoms. The topological polar surface area (TPSA) is 0 Å². The zero-order chi connectivity index (χ0) is 21.8. The lowest BCUT2D eigenvalue weighted by atomic mass is 10.0. The summed E-state index contributed by atoms with van der Waals surface area (Å²) >= 11 is 7.39. The summed E-state index contributed by atoms with van der Waals surface area (Å²) in [6.45, 7) is 0. The summed E-state index contributed by atoms with van der Waals surface area (Å²) in [6, 6.07) is 31.7. The molecule has 0 radical (unpaired) electrons. The van der Waals surface area contributed by atoms with Crippen LogP contribution in [0.1, 0.15) is 11.1 Å². The first kappa shape index (κ1) is 19.7. The van der Waals surface area contributed by atoms with E-state index in [0.717, 1.165) is 6.42 Å². The van der Waals surface area contributed by atoms with Crippen molar-refractivity contribution < 1.29 is 0 Å². The first-order valence-electron chi connectivity index (χ1n) is 10.9. The summed E-state index contributed by atoms with van der Waals surface area (Å²) in [7, 11) is 0. The first-order valence-corrected chi connectivity index (χ1v) is 14.3. The van der Waals surface area contributed by atoms with Gasteiger partial charge >= 0.3 is 0 Å². The molecule has 2 aromatic carbocycles. The van der Waals surface area contributed by atoms with Crippen LogP contribution in [0.5, 0.6) is 0 Å². The molecule has 0 aliphatic heterocycles. The Bertz CT molecular complexity index is 1460. The van der Waals surface area contributed by atoms with Crippen LogP contribution >= 0.6 is 45.3 Å². The summed E-state index contributed by atoms with van der Waals surface area (Å²) in [6.07, 6.45) is 1.01. The van der Waals surface area contributed by atoms with Crippen molar-refractivity contribution in [3.05, 3.63) is 107 Å². The second-order valence-electron chi connectivity index (χ2n) is 8.20. The van der Waals surface area contributed by atoms with Crippen molar-refractivity contribution in [2.24, 2.45) is 0 Å². The summed E-state index contributed by atoms with van der Waals surface area (Å²) in [5.41, 5.74) is 8.32. The van der Waals surface area contributed by atoms with Crippen LogP contribution in [0.4, 0.5) is 0 Å². The minimum absolute atomic E-state index is 1.01. The van der Waals surface area contributed by atoms with E-state index in [1.807, 2.05) is 45.3 Å². The minimum Gasteiger partial charge on any atom is -0.143 e. The van der Waals surface area contributed by atoms with Gasteiger partial charge in [-0.2, -0.15) is 0 Å². The maximum atomic E-state index is 2.40. The molecule has 1 aliphatic rings. The number of benzene rings is 2. The van der Waals surface area contributed by atoms with Crippen LogP contribution in [0.25, 0.3) is 51.5 Å². The molecule has 0 amide bonds. The molecule has 1 aliphatic carbocycles. The molecule has 0 unspecified atom stereocenters. The Morgan fingerprint density at radius 3 is 1.39 bits per heavy atom. The van der Waals surface area contributed by atoms with Gasteiger partial charge in [0.2, 0.25) is 0 Å². The molecule has 4 aromatic heterocycles. The predicted molar refractivity (Wildman–Crippen MR) is 148 cm³/mol. The Labute approximate surface area is 209 Å². The van der Waals surface area contributed by atoms with Gasteiger partial charge in [-0.15, -0.1) is 45.3 Å². The second kappa shape index (κ2) is 7.93. The first-order chi connectivity index (χ1) is 16.3. The molecule has 7 rings (SSSR count). The van der Waals surface area contributed by atoms with Gasteiger partial charge in [0.25, 0.3) is 0 Å². The van der Waals surface area contributed by atoms with E-state index >= 15 is 0 Å². The fraction of sp³-hybridized carbons (Fsp3) is 0.0345. The highest BCUT2D eigenvalue weighted by molar-refractivity contribution is 7.23. The largest absolute Gasteiger partial charge is 0.143 e. The monoisotopic (exact) mass is 494 g/mol. The zero-order valence-electron chi connectivity index (χ0n) is 17.6. The standard InChI is InChI=1S/C29H18S4/c1-3-26(30-13-1)28-11-9-24(32-28)18-5-7-22-20(15-18)17-21-16-19(6-8-23(21)22)25-10-12-29(33-25)27-4-2-14-31-27/h1-16H,17H2. The lowest BCUT2D eigenvalue weighted by Gasteiger charge is -2.05. The van der Waals surface area contributed by atoms with E-state index in [0.29, 0.717) is 0 Å². The van der Waals surface area contributed by atoms with E-state index in [1.54, 1.807) is 0 Å². The van der Waals surface area contributed by atoms with Crippen LogP contribution in [0.2, 0.25) is 0 Å². The minimum atomic E-state index is 1.01. The SMILES string of the molecule is c1csc(-c2ccc(-c3ccc4c(c3)Cc3cc(-c5ccc(-c6cccs6)s5)ccc3-4)s2)c1. The van der Waals surface area contributed by atoms with Crippen molar-refractivity contribution in [3.8, 4) is 51.5 Å². The third kappa shape index (κ3) is 3.46. The van der Waals surface area contributed by atoms with Gasteiger partial charge in [-0.1, -0.05) is 36.4 Å². The molecule has 0 atom stereocenters. The molecule has 0 spiro atoms. The molecule has 158 valence electrons. The Morgan fingerprint density at radius 2 is 0.939 bits per heavy atom. The number of hydrogen-bond donors (Lipinski definition) is 0. The van der Waals surface area contributed by atoms with Gasteiger partial charge in [0, 0.05) is 29.3 Å². The number of rotatable bonds is 4. The molecule has 4 heteroatoms. The summed E-state index contributed by atoms with van der Waals surface area (Å²) in [5.74, 6) is 0. The molecule has 4 heterocycles. The molecular formula is C29H18S4. The van der Waals surface area contributed by atoms with E-state index in [1.165, 1.54) is 62.6 Å². The van der Waals surface area contributed by atoms with Crippen LogP contribution in [0.15, 0.2) is 95.7 Å². The van der Waals surface area contributed by atoms with Crippen LogP contribution < -0.4 is 0 Å². The maximum absolute atomic E-state index is 2.40. The van der Waals surface area contributed by atoms with Crippen LogP contribution in [-0.4, -0.2) is 0 Å². The number of hydrogen-bond acceptors (Lipinski definition) is 4. The summed E-state index contributed by atoms with van der Waals surface area (Å²) < 4.78 is 0. The predicted octanol–water partition coefficient (Wildman–Crippen LogP) is 10.2. The van der Waals surface area contributed by atoms with Crippen molar-refractivity contribution in [1.29, 1.82) is 0 Å². The second-order valence-corrected chi connectivity index (χ2v) is 12.3. The molecule has 0 saturated heterocycles. The molecule has 33 heavy (non-hydrogen) atoms. The summed E-state index contributed by atoms with van der Waals surface area (Å²) in [4.78, 5) is 8.10. The lowest BCUT2D eigenvalue weighted by Crippen LogP contribution is -1.82. The van der Waals surface area contributed by atoms with Gasteiger partial charge in [0.1, 0.15) is 0 Å². The van der Waals surface area contributed by atoms with Gasteiger partial charge in [-0.05, 0) is 99.1 Å². The van der Waals surface area contributed by atoms with E-state index in [4.69, 9.17) is 0 Å². The normalized spacial score (nSPS) is 12.1. The van der Waals surface area contributed by atoms with E-state index in [2.05, 4.69) is 95.7 Å². The number of fused-ring (bicyclic) bond motifs is 3. The average molecular weight is 495 g/mol. The quantitative estimate of drug-likeness (QED) is 0.228. The van der Waals surface area contributed by atoms with Gasteiger partial charge < -0.3 is 0 Å². The average Bonchev–Trinajstić information content (AvgIpc) is 3.68. The molecule has 0 N–H and O–H groups in total. The van der Waals surface area contributed by atoms with Crippen molar-refractivity contribution >= 4 is 45.3 Å². The van der Waals surface area contributed by atoms with Gasteiger partial charge in [-0.3, -0.25) is 0 Å². The van der Waals surface area contributed by atoms with E-state index in [-0.39, 0.29) is 0 Å². The van der Waals surface area contributed by atoms with E-state index < -0.39 is 0 Å². The van der Waals surface area contributed by atoms with Gasteiger partial charge in [-0.25, -0.2) is 0 Å². The fourth-order valence-electron chi connectivity index (χ4n) is 4.61. The van der Waals surface area contributed by atoms with Crippen molar-refractivity contribution in [2.45, 2.75) is 6.42 Å². The fourth-order valence-corrected chi connectivity index (χ4v) is 8.28. The third-order valence-corrected chi connectivity index (χ3v) is 10.6. The Balaban J connectivity index is 1.19. The molecule has 6 aromatic rings. The lowest BCUT2D eigenvalue weighted by molar-refractivity contribution is 1.27. The van der Waals surface area contributed by atoms with Gasteiger partial charge in [0.15, 0.2) is 0 Å². The highest BCUT2D eigenvalue weighted by atomic mass is 32.1. The van der Waals surface area contributed by atoms with Crippen molar-refractivity contribution in [2.75, 3.05) is 0 Å². The Kier molecular flexibility index (Phi) is 4.73. The van der Waals surface area contributed by atoms with Crippen LogP contribution in [-0.2, 0) is 6.42 Å².